The van der Waals surface area contributed by atoms with Crippen LogP contribution in [0.15, 0.2) is 0 Å². The van der Waals surface area contributed by atoms with Crippen molar-refractivity contribution >= 4 is 5.91 Å². The normalized spacial score (nSPS) is 26.9. The Hall–Kier alpha value is -1.28. The molecule has 5 nitrogen and oxygen atoms in total. The third kappa shape index (κ3) is 7.23. The summed E-state index contributed by atoms with van der Waals surface area (Å²) in [5.41, 5.74) is 0. The second-order valence-electron chi connectivity index (χ2n) is 7.81. The van der Waals surface area contributed by atoms with Crippen LogP contribution in [-0.4, -0.2) is 42.5 Å². The molecule has 0 aromatic carbocycles. The van der Waals surface area contributed by atoms with Crippen molar-refractivity contribution in [2.75, 3.05) is 19.6 Å². The Bertz CT molecular complexity index is 434. The average Bonchev–Trinajstić information content (AvgIpc) is 2.93. The molecule has 1 heterocycles. The van der Waals surface area contributed by atoms with Crippen LogP contribution < -0.4 is 10.6 Å². The molecule has 1 saturated heterocycles. The molecule has 2 N–H and O–H groups in total. The standard InChI is InChI=1S/C20H36N4O/c1-2-3-4-5-6-13-22-18-9-7-8-17(10-11-18)20(25)23-19-12-14-24(15-19)16-21/h17-19,22H,2-15H2,1H3,(H,23,25)/t17?,18?,19-/m1/s1. The topological polar surface area (TPSA) is 68.2 Å². The van der Waals surface area contributed by atoms with Crippen LogP contribution in [0.4, 0.5) is 0 Å². The molecule has 1 saturated carbocycles. The van der Waals surface area contributed by atoms with Crippen molar-refractivity contribution in [1.29, 1.82) is 5.26 Å². The molecule has 1 aliphatic carbocycles. The number of likely N-dealkylation sites (tertiary alicyclic amines) is 1. The second kappa shape index (κ2) is 11.4. The zero-order chi connectivity index (χ0) is 17.9. The van der Waals surface area contributed by atoms with E-state index in [-0.39, 0.29) is 17.9 Å². The van der Waals surface area contributed by atoms with Crippen molar-refractivity contribution in [2.45, 2.75) is 89.6 Å². The largest absolute Gasteiger partial charge is 0.351 e. The number of nitrogens with one attached hydrogen (secondary N) is 2. The van der Waals surface area contributed by atoms with Crippen molar-refractivity contribution < 1.29 is 4.79 Å². The Labute approximate surface area is 153 Å². The third-order valence-corrected chi connectivity index (χ3v) is 5.73. The van der Waals surface area contributed by atoms with Gasteiger partial charge in [-0.25, -0.2) is 0 Å². The summed E-state index contributed by atoms with van der Waals surface area (Å²) in [4.78, 5) is 14.3. The van der Waals surface area contributed by atoms with Gasteiger partial charge in [0, 0.05) is 31.1 Å². The molecule has 2 aliphatic rings. The molecule has 0 aromatic heterocycles. The average molecular weight is 349 g/mol. The van der Waals surface area contributed by atoms with Gasteiger partial charge in [0.2, 0.25) is 5.91 Å². The fraction of sp³-hybridized carbons (Fsp3) is 0.900. The summed E-state index contributed by atoms with van der Waals surface area (Å²) >= 11 is 0. The van der Waals surface area contributed by atoms with Crippen molar-refractivity contribution in [3.63, 3.8) is 0 Å². The lowest BCUT2D eigenvalue weighted by molar-refractivity contribution is -0.126. The molecule has 5 heteroatoms. The van der Waals surface area contributed by atoms with Crippen LogP contribution in [0, 0.1) is 17.4 Å². The zero-order valence-electron chi connectivity index (χ0n) is 15.9. The number of rotatable bonds is 9. The Morgan fingerprint density at radius 3 is 2.68 bits per heavy atom. The van der Waals surface area contributed by atoms with E-state index in [1.807, 2.05) is 0 Å². The van der Waals surface area contributed by atoms with Crippen molar-refractivity contribution in [3.8, 4) is 6.19 Å². The summed E-state index contributed by atoms with van der Waals surface area (Å²) in [6.45, 7) is 4.83. The van der Waals surface area contributed by atoms with E-state index in [4.69, 9.17) is 5.26 Å². The lowest BCUT2D eigenvalue weighted by Gasteiger charge is -2.19. The lowest BCUT2D eigenvalue weighted by atomic mass is 9.98. The van der Waals surface area contributed by atoms with E-state index in [1.54, 1.807) is 4.90 Å². The predicted molar refractivity (Wildman–Crippen MR) is 101 cm³/mol. The summed E-state index contributed by atoms with van der Waals surface area (Å²) in [6, 6.07) is 0.747. The minimum Gasteiger partial charge on any atom is -0.351 e. The first-order valence-electron chi connectivity index (χ1n) is 10.4. The highest BCUT2D eigenvalue weighted by Crippen LogP contribution is 2.24. The van der Waals surface area contributed by atoms with Gasteiger partial charge < -0.3 is 15.5 Å². The van der Waals surface area contributed by atoms with E-state index >= 15 is 0 Å². The van der Waals surface area contributed by atoms with Gasteiger partial charge >= 0.3 is 0 Å². The molecule has 0 radical (unpaired) electrons. The Balaban J connectivity index is 1.61. The molecular formula is C20H36N4O. The minimum atomic E-state index is 0.160. The van der Waals surface area contributed by atoms with Gasteiger partial charge in [0.25, 0.3) is 0 Å². The van der Waals surface area contributed by atoms with Gasteiger partial charge in [-0.3, -0.25) is 4.79 Å². The van der Waals surface area contributed by atoms with Gasteiger partial charge in [0.1, 0.15) is 0 Å². The molecule has 2 unspecified atom stereocenters. The molecule has 142 valence electrons. The number of hydrogen-bond donors (Lipinski definition) is 2. The number of unbranched alkanes of at least 4 members (excludes halogenated alkanes) is 4. The SMILES string of the molecule is CCCCCCCNC1CCCC(C(=O)N[C@@H]2CCN(C#N)C2)CC1. The Morgan fingerprint density at radius 1 is 1.08 bits per heavy atom. The quantitative estimate of drug-likeness (QED) is 0.381. The van der Waals surface area contributed by atoms with E-state index in [1.165, 1.54) is 38.5 Å². The predicted octanol–water partition coefficient (Wildman–Crippen LogP) is 3.17. The lowest BCUT2D eigenvalue weighted by Crippen LogP contribution is -2.40. The first-order chi connectivity index (χ1) is 12.2. The summed E-state index contributed by atoms with van der Waals surface area (Å²) in [7, 11) is 0. The highest BCUT2D eigenvalue weighted by molar-refractivity contribution is 5.79. The van der Waals surface area contributed by atoms with Crippen LogP contribution in [0.1, 0.15) is 77.6 Å². The highest BCUT2D eigenvalue weighted by atomic mass is 16.1. The number of nitriles is 1. The van der Waals surface area contributed by atoms with Crippen molar-refractivity contribution in [3.05, 3.63) is 0 Å². The van der Waals surface area contributed by atoms with E-state index in [0.717, 1.165) is 45.2 Å². The molecule has 2 fully saturated rings. The van der Waals surface area contributed by atoms with Gasteiger partial charge in [0.05, 0.1) is 0 Å². The number of hydrogen-bond acceptors (Lipinski definition) is 4. The maximum absolute atomic E-state index is 12.5. The summed E-state index contributed by atoms with van der Waals surface area (Å²) < 4.78 is 0. The van der Waals surface area contributed by atoms with E-state index < -0.39 is 0 Å². The van der Waals surface area contributed by atoms with Gasteiger partial charge in [-0.1, -0.05) is 39.0 Å². The van der Waals surface area contributed by atoms with Crippen LogP contribution >= 0.6 is 0 Å². The van der Waals surface area contributed by atoms with Crippen molar-refractivity contribution in [1.82, 2.24) is 15.5 Å². The van der Waals surface area contributed by atoms with Crippen LogP contribution in [0.2, 0.25) is 0 Å². The van der Waals surface area contributed by atoms with Gasteiger partial charge in [-0.05, 0) is 45.1 Å². The summed E-state index contributed by atoms with van der Waals surface area (Å²) in [5, 5.41) is 15.8. The van der Waals surface area contributed by atoms with Crippen LogP contribution in [0.5, 0.6) is 0 Å². The fourth-order valence-electron chi connectivity index (χ4n) is 4.09. The van der Waals surface area contributed by atoms with Gasteiger partial charge in [-0.2, -0.15) is 5.26 Å². The Kier molecular flexibility index (Phi) is 9.10. The highest BCUT2D eigenvalue weighted by Gasteiger charge is 2.28. The first-order valence-corrected chi connectivity index (χ1v) is 10.4. The van der Waals surface area contributed by atoms with Crippen LogP contribution in [0.25, 0.3) is 0 Å². The van der Waals surface area contributed by atoms with Crippen LogP contribution in [-0.2, 0) is 4.79 Å². The number of carbonyl (C=O) groups excluding carboxylic acids is 1. The Morgan fingerprint density at radius 2 is 1.92 bits per heavy atom. The fourth-order valence-corrected chi connectivity index (χ4v) is 4.09. The minimum absolute atomic E-state index is 0.160. The molecule has 0 aromatic rings. The molecule has 1 aliphatic heterocycles. The summed E-state index contributed by atoms with van der Waals surface area (Å²) in [5.74, 6) is 0.373. The van der Waals surface area contributed by atoms with E-state index in [0.29, 0.717) is 12.6 Å². The molecule has 1 amide bonds. The molecule has 3 atom stereocenters. The number of carbonyl (C=O) groups is 1. The van der Waals surface area contributed by atoms with Gasteiger partial charge in [0.15, 0.2) is 6.19 Å². The maximum atomic E-state index is 12.5. The summed E-state index contributed by atoms with van der Waals surface area (Å²) in [6.07, 6.45) is 15.1. The molecular weight excluding hydrogens is 312 g/mol. The maximum Gasteiger partial charge on any atom is 0.223 e. The third-order valence-electron chi connectivity index (χ3n) is 5.73. The smallest absolute Gasteiger partial charge is 0.223 e. The van der Waals surface area contributed by atoms with Gasteiger partial charge in [-0.15, -0.1) is 0 Å². The second-order valence-corrected chi connectivity index (χ2v) is 7.81. The first kappa shape index (κ1) is 20.0. The molecule has 0 spiro atoms. The zero-order valence-corrected chi connectivity index (χ0v) is 15.9. The van der Waals surface area contributed by atoms with E-state index in [9.17, 15) is 4.79 Å². The number of amides is 1. The molecule has 0 bridgehead atoms. The monoisotopic (exact) mass is 348 g/mol. The molecule has 2 rings (SSSR count). The molecule has 25 heavy (non-hydrogen) atoms. The van der Waals surface area contributed by atoms with Crippen LogP contribution in [0.3, 0.4) is 0 Å². The van der Waals surface area contributed by atoms with Crippen molar-refractivity contribution in [2.24, 2.45) is 5.92 Å². The number of nitrogens with zero attached hydrogens (tertiary/aromatic N) is 2. The van der Waals surface area contributed by atoms with E-state index in [2.05, 4.69) is 23.8 Å².